The van der Waals surface area contributed by atoms with Crippen molar-refractivity contribution in [3.05, 3.63) is 35.1 Å². The van der Waals surface area contributed by atoms with E-state index in [0.29, 0.717) is 22.0 Å². The second kappa shape index (κ2) is 8.68. The average molecular weight is 412 g/mol. The van der Waals surface area contributed by atoms with Crippen molar-refractivity contribution in [1.82, 2.24) is 20.2 Å². The van der Waals surface area contributed by atoms with Crippen molar-refractivity contribution in [1.29, 1.82) is 0 Å². The third-order valence-corrected chi connectivity index (χ3v) is 4.97. The minimum atomic E-state index is -4.69. The molecule has 1 aromatic heterocycles. The zero-order chi connectivity index (χ0) is 18.4. The minimum absolute atomic E-state index is 0.112. The number of amides is 1. The van der Waals surface area contributed by atoms with Gasteiger partial charge in [0.25, 0.3) is 5.82 Å². The van der Waals surface area contributed by atoms with Crippen molar-refractivity contribution in [3.8, 4) is 0 Å². The number of nitrogens with two attached hydrogens (primary N) is 1. The van der Waals surface area contributed by atoms with Gasteiger partial charge in [-0.3, -0.25) is 4.79 Å². The fraction of sp³-hybridized carbons (Fsp3) is 0.308. The van der Waals surface area contributed by atoms with Crippen LogP contribution in [-0.4, -0.2) is 38.8 Å². The third kappa shape index (κ3) is 6.01. The molecule has 0 fully saturated rings. The molecule has 0 unspecified atom stereocenters. The maximum absolute atomic E-state index is 12.5. The minimum Gasteiger partial charge on any atom is -0.355 e. The van der Waals surface area contributed by atoms with Gasteiger partial charge >= 0.3 is 6.18 Å². The summed E-state index contributed by atoms with van der Waals surface area (Å²) in [6.45, 7) is 0.413. The van der Waals surface area contributed by atoms with E-state index < -0.39 is 12.0 Å². The second-order valence-electron chi connectivity index (χ2n) is 4.61. The Kier molecular flexibility index (Phi) is 6.85. The lowest BCUT2D eigenvalue weighted by molar-refractivity contribution is -0.146. The summed E-state index contributed by atoms with van der Waals surface area (Å²) >= 11 is 8.11. The number of alkyl halides is 3. The van der Waals surface area contributed by atoms with Crippen molar-refractivity contribution in [2.45, 2.75) is 16.2 Å². The van der Waals surface area contributed by atoms with E-state index in [1.807, 2.05) is 12.1 Å². The number of thioether (sulfide) groups is 2. The number of aromatic nitrogens is 3. The number of nitrogens with one attached hydrogen (secondary N) is 1. The number of carbonyl (C=O) groups is 1. The van der Waals surface area contributed by atoms with Gasteiger partial charge in [-0.15, -0.1) is 22.0 Å². The molecule has 0 spiro atoms. The molecule has 0 aliphatic carbocycles. The van der Waals surface area contributed by atoms with Gasteiger partial charge in [0, 0.05) is 22.2 Å². The lowest BCUT2D eigenvalue weighted by Crippen LogP contribution is -2.27. The van der Waals surface area contributed by atoms with Crippen LogP contribution in [0.4, 0.5) is 13.2 Å². The molecule has 2 rings (SSSR count). The first-order chi connectivity index (χ1) is 11.8. The van der Waals surface area contributed by atoms with E-state index in [-0.39, 0.29) is 16.8 Å². The number of carbonyl (C=O) groups excluding carboxylic acids is 1. The lowest BCUT2D eigenvalue weighted by atomic mass is 10.4. The van der Waals surface area contributed by atoms with Crippen molar-refractivity contribution >= 4 is 41.0 Å². The van der Waals surface area contributed by atoms with Crippen LogP contribution in [0.2, 0.25) is 5.02 Å². The van der Waals surface area contributed by atoms with Crippen LogP contribution in [0.5, 0.6) is 0 Å². The summed E-state index contributed by atoms with van der Waals surface area (Å²) in [5.41, 5.74) is 0. The highest BCUT2D eigenvalue weighted by atomic mass is 35.5. The van der Waals surface area contributed by atoms with Gasteiger partial charge in [-0.2, -0.15) is 13.2 Å². The molecule has 0 atom stereocenters. The fourth-order valence-corrected chi connectivity index (χ4v) is 3.22. The summed E-state index contributed by atoms with van der Waals surface area (Å²) in [4.78, 5) is 12.7. The van der Waals surface area contributed by atoms with Gasteiger partial charge in [-0.05, 0) is 24.3 Å². The number of benzene rings is 1. The highest BCUT2D eigenvalue weighted by Crippen LogP contribution is 2.28. The molecule has 136 valence electrons. The van der Waals surface area contributed by atoms with Gasteiger partial charge in [-0.25, -0.2) is 4.68 Å². The quantitative estimate of drug-likeness (QED) is 0.414. The van der Waals surface area contributed by atoms with Crippen LogP contribution in [0.15, 0.2) is 34.3 Å². The molecule has 0 saturated heterocycles. The van der Waals surface area contributed by atoms with Crippen molar-refractivity contribution < 1.29 is 18.0 Å². The van der Waals surface area contributed by atoms with Crippen molar-refractivity contribution in [3.63, 3.8) is 0 Å². The lowest BCUT2D eigenvalue weighted by Gasteiger charge is -2.07. The van der Waals surface area contributed by atoms with Crippen LogP contribution in [-0.2, 0) is 11.0 Å². The topological polar surface area (TPSA) is 85.8 Å². The molecule has 0 aliphatic rings. The first kappa shape index (κ1) is 19.7. The van der Waals surface area contributed by atoms with Gasteiger partial charge in [0.1, 0.15) is 0 Å². The number of rotatable bonds is 7. The number of halogens is 4. The Hall–Kier alpha value is -1.59. The van der Waals surface area contributed by atoms with Crippen LogP contribution in [0.25, 0.3) is 0 Å². The molecule has 12 heteroatoms. The number of nitrogens with zero attached hydrogens (tertiary/aromatic N) is 3. The Morgan fingerprint density at radius 1 is 1.24 bits per heavy atom. The molecular weight excluding hydrogens is 399 g/mol. The summed E-state index contributed by atoms with van der Waals surface area (Å²) in [7, 11) is 0. The average Bonchev–Trinajstić information content (AvgIpc) is 2.92. The monoisotopic (exact) mass is 411 g/mol. The van der Waals surface area contributed by atoms with E-state index in [4.69, 9.17) is 17.4 Å². The summed E-state index contributed by atoms with van der Waals surface area (Å²) < 4.78 is 37.9. The Morgan fingerprint density at radius 3 is 2.52 bits per heavy atom. The number of hydrogen-bond acceptors (Lipinski definition) is 6. The second-order valence-corrected chi connectivity index (χ2v) is 7.16. The molecule has 3 N–H and O–H groups in total. The predicted octanol–water partition coefficient (Wildman–Crippen LogP) is 2.66. The highest BCUT2D eigenvalue weighted by molar-refractivity contribution is 7.99. The van der Waals surface area contributed by atoms with E-state index in [1.165, 1.54) is 0 Å². The Balaban J connectivity index is 1.71. The summed E-state index contributed by atoms with van der Waals surface area (Å²) in [5, 5.41) is 9.44. The largest absolute Gasteiger partial charge is 0.453 e. The molecule has 1 amide bonds. The van der Waals surface area contributed by atoms with Gasteiger partial charge < -0.3 is 11.2 Å². The Labute approximate surface area is 154 Å². The van der Waals surface area contributed by atoms with Crippen LogP contribution >= 0.6 is 35.1 Å². The molecule has 0 aliphatic heterocycles. The molecular formula is C13H13ClF3N5OS2. The normalized spacial score (nSPS) is 11.5. The van der Waals surface area contributed by atoms with E-state index in [1.54, 1.807) is 23.9 Å². The maximum Gasteiger partial charge on any atom is 0.453 e. The Bertz CT molecular complexity index is 723. The van der Waals surface area contributed by atoms with E-state index in [0.717, 1.165) is 16.7 Å². The van der Waals surface area contributed by atoms with E-state index in [2.05, 4.69) is 15.5 Å². The molecule has 1 heterocycles. The van der Waals surface area contributed by atoms with Crippen LogP contribution in [0.1, 0.15) is 5.82 Å². The maximum atomic E-state index is 12.5. The number of hydrogen-bond donors (Lipinski definition) is 2. The summed E-state index contributed by atoms with van der Waals surface area (Å²) in [6.07, 6.45) is -4.69. The third-order valence-electron chi connectivity index (χ3n) is 2.76. The fourth-order valence-electron chi connectivity index (χ4n) is 1.64. The SMILES string of the molecule is Nn1c(SCC(=O)NCCSc2ccc(Cl)cc2)nnc1C(F)(F)F. The van der Waals surface area contributed by atoms with Crippen LogP contribution < -0.4 is 11.2 Å². The van der Waals surface area contributed by atoms with Gasteiger partial charge in [0.05, 0.1) is 5.75 Å². The zero-order valence-electron chi connectivity index (χ0n) is 12.6. The standard InChI is InChI=1S/C13H13ClF3N5OS2/c14-8-1-3-9(4-2-8)24-6-5-19-10(23)7-25-12-21-20-11(22(12)18)13(15,16)17/h1-4H,5-7,18H2,(H,19,23). The molecule has 0 bridgehead atoms. The zero-order valence-corrected chi connectivity index (χ0v) is 15.0. The van der Waals surface area contributed by atoms with Crippen molar-refractivity contribution in [2.75, 3.05) is 23.9 Å². The van der Waals surface area contributed by atoms with Gasteiger partial charge in [0.2, 0.25) is 11.1 Å². The van der Waals surface area contributed by atoms with Gasteiger partial charge in [-0.1, -0.05) is 23.4 Å². The Morgan fingerprint density at radius 2 is 1.92 bits per heavy atom. The van der Waals surface area contributed by atoms with Crippen LogP contribution in [0.3, 0.4) is 0 Å². The van der Waals surface area contributed by atoms with Gasteiger partial charge in [0.15, 0.2) is 0 Å². The molecule has 25 heavy (non-hydrogen) atoms. The highest BCUT2D eigenvalue weighted by Gasteiger charge is 2.38. The predicted molar refractivity (Wildman–Crippen MR) is 91.1 cm³/mol. The molecule has 1 aromatic carbocycles. The first-order valence-corrected chi connectivity index (χ1v) is 9.18. The smallest absolute Gasteiger partial charge is 0.355 e. The van der Waals surface area contributed by atoms with E-state index >= 15 is 0 Å². The molecule has 6 nitrogen and oxygen atoms in total. The molecule has 0 radical (unpaired) electrons. The van der Waals surface area contributed by atoms with Crippen LogP contribution in [0, 0.1) is 0 Å². The molecule has 0 saturated carbocycles. The first-order valence-electron chi connectivity index (χ1n) is 6.83. The number of nitrogen functional groups attached to an aromatic ring is 1. The van der Waals surface area contributed by atoms with Crippen molar-refractivity contribution in [2.24, 2.45) is 0 Å². The summed E-state index contributed by atoms with van der Waals surface area (Å²) in [5.74, 6) is 4.16. The molecule has 2 aromatic rings. The summed E-state index contributed by atoms with van der Waals surface area (Å²) in [6, 6.07) is 7.29. The van der Waals surface area contributed by atoms with E-state index in [9.17, 15) is 18.0 Å².